The van der Waals surface area contributed by atoms with Crippen LogP contribution in [0.1, 0.15) is 61.9 Å². The summed E-state index contributed by atoms with van der Waals surface area (Å²) < 4.78 is 11.7. The molecule has 3 rings (SSSR count). The van der Waals surface area contributed by atoms with Gasteiger partial charge in [0.2, 0.25) is 0 Å². The second-order valence-corrected chi connectivity index (χ2v) is 6.97. The van der Waals surface area contributed by atoms with Crippen LogP contribution in [0.5, 0.6) is 5.75 Å². The molecule has 0 saturated carbocycles. The average Bonchev–Trinajstić information content (AvgIpc) is 2.88. The molecule has 1 aliphatic heterocycles. The fourth-order valence-corrected chi connectivity index (χ4v) is 3.38. The van der Waals surface area contributed by atoms with E-state index in [9.17, 15) is 9.90 Å². The third-order valence-corrected chi connectivity index (χ3v) is 4.76. The molecule has 2 aliphatic rings. The molecule has 1 atom stereocenters. The van der Waals surface area contributed by atoms with E-state index in [1.807, 2.05) is 0 Å². The Kier molecular flexibility index (Phi) is 4.44. The van der Waals surface area contributed by atoms with Crippen LogP contribution in [0.3, 0.4) is 0 Å². The van der Waals surface area contributed by atoms with Crippen molar-refractivity contribution in [2.24, 2.45) is 5.41 Å². The highest BCUT2D eigenvalue weighted by atomic mass is 16.7. The Hall–Kier alpha value is -1.81. The third-order valence-electron chi connectivity index (χ3n) is 4.76. The lowest BCUT2D eigenvalue weighted by molar-refractivity contribution is -0.106. The molecule has 4 nitrogen and oxygen atoms in total. The zero-order valence-corrected chi connectivity index (χ0v) is 13.8. The van der Waals surface area contributed by atoms with Crippen molar-refractivity contribution >= 4 is 11.5 Å². The topological polar surface area (TPSA) is 55.8 Å². The van der Waals surface area contributed by atoms with Gasteiger partial charge in [0.1, 0.15) is 5.75 Å². The highest BCUT2D eigenvalue weighted by Crippen LogP contribution is 2.47. The number of hydrogen-bond donors (Lipinski definition) is 1. The quantitative estimate of drug-likeness (QED) is 0.889. The van der Waals surface area contributed by atoms with Crippen molar-refractivity contribution in [3.05, 3.63) is 35.4 Å². The summed E-state index contributed by atoms with van der Waals surface area (Å²) in [7, 11) is 0. The first-order valence-electron chi connectivity index (χ1n) is 8.34. The summed E-state index contributed by atoms with van der Waals surface area (Å²) in [5.41, 5.74) is 2.39. The average molecular weight is 316 g/mol. The van der Waals surface area contributed by atoms with Crippen LogP contribution in [-0.2, 0) is 4.74 Å². The van der Waals surface area contributed by atoms with Crippen molar-refractivity contribution in [1.82, 2.24) is 0 Å². The second-order valence-electron chi connectivity index (χ2n) is 6.97. The van der Waals surface area contributed by atoms with E-state index in [4.69, 9.17) is 9.47 Å². The lowest BCUT2D eigenvalue weighted by Gasteiger charge is -2.28. The van der Waals surface area contributed by atoms with Crippen LogP contribution in [0, 0.1) is 5.41 Å². The molecule has 1 heterocycles. The summed E-state index contributed by atoms with van der Waals surface area (Å²) in [6, 6.07) is 5.11. The van der Waals surface area contributed by atoms with Crippen molar-refractivity contribution in [1.29, 1.82) is 0 Å². The number of carboxylic acids is 1. The first-order valence-corrected chi connectivity index (χ1v) is 8.34. The van der Waals surface area contributed by atoms with Crippen molar-refractivity contribution < 1.29 is 19.4 Å². The number of carbonyl (C=O) groups is 1. The number of allylic oxidation sites excluding steroid dienone is 2. The van der Waals surface area contributed by atoms with Gasteiger partial charge in [-0.05, 0) is 54.9 Å². The van der Waals surface area contributed by atoms with Gasteiger partial charge in [-0.3, -0.25) is 0 Å². The Morgan fingerprint density at radius 3 is 2.78 bits per heavy atom. The van der Waals surface area contributed by atoms with Gasteiger partial charge in [-0.2, -0.15) is 0 Å². The minimum absolute atomic E-state index is 0.0304. The third kappa shape index (κ3) is 3.42. The summed E-state index contributed by atoms with van der Waals surface area (Å²) in [6.45, 7) is 5.11. The first-order chi connectivity index (χ1) is 11.0. The maximum atomic E-state index is 11.3. The van der Waals surface area contributed by atoms with E-state index in [-0.39, 0.29) is 11.7 Å². The van der Waals surface area contributed by atoms with Crippen LogP contribution in [-0.4, -0.2) is 24.0 Å². The number of hydrogen-bond acceptors (Lipinski definition) is 3. The standard InChI is InChI=1S/C19H24O4/c1-19(2)10-5-6-15(19)14-12-13(18(20)21)8-9-16(14)23-17-7-3-4-11-22-17/h6,8-9,12,17H,3-5,7,10-11H2,1-2H3,(H,20,21). The summed E-state index contributed by atoms with van der Waals surface area (Å²) in [6.07, 6.45) is 7.10. The van der Waals surface area contributed by atoms with E-state index in [0.29, 0.717) is 5.56 Å². The summed E-state index contributed by atoms with van der Waals surface area (Å²) in [5.74, 6) is -0.189. The van der Waals surface area contributed by atoms with Crippen molar-refractivity contribution in [3.8, 4) is 5.75 Å². The zero-order chi connectivity index (χ0) is 16.4. The van der Waals surface area contributed by atoms with Gasteiger partial charge in [-0.1, -0.05) is 19.9 Å². The molecule has 1 saturated heterocycles. The van der Waals surface area contributed by atoms with Crippen LogP contribution in [0.4, 0.5) is 0 Å². The number of benzene rings is 1. The van der Waals surface area contributed by atoms with Gasteiger partial charge >= 0.3 is 5.97 Å². The number of rotatable bonds is 4. The normalized spacial score (nSPS) is 23.4. The van der Waals surface area contributed by atoms with Gasteiger partial charge < -0.3 is 14.6 Å². The summed E-state index contributed by atoms with van der Waals surface area (Å²) in [4.78, 5) is 11.3. The Morgan fingerprint density at radius 2 is 2.17 bits per heavy atom. The van der Waals surface area contributed by atoms with E-state index in [2.05, 4.69) is 19.9 Å². The highest BCUT2D eigenvalue weighted by Gasteiger charge is 2.31. The maximum Gasteiger partial charge on any atom is 0.335 e. The van der Waals surface area contributed by atoms with Gasteiger partial charge in [-0.15, -0.1) is 0 Å². The molecule has 0 spiro atoms. The predicted octanol–water partition coefficient (Wildman–Crippen LogP) is 4.49. The molecule has 1 fully saturated rings. The first kappa shape index (κ1) is 16.1. The van der Waals surface area contributed by atoms with E-state index >= 15 is 0 Å². The lowest BCUT2D eigenvalue weighted by atomic mass is 9.81. The van der Waals surface area contributed by atoms with Gasteiger partial charge in [0, 0.05) is 12.0 Å². The van der Waals surface area contributed by atoms with E-state index in [0.717, 1.165) is 50.0 Å². The fraction of sp³-hybridized carbons (Fsp3) is 0.526. The molecule has 1 aliphatic carbocycles. The Labute approximate surface area is 137 Å². The predicted molar refractivity (Wildman–Crippen MR) is 88.6 cm³/mol. The molecule has 4 heteroatoms. The van der Waals surface area contributed by atoms with Crippen LogP contribution in [0.15, 0.2) is 24.3 Å². The minimum atomic E-state index is -0.914. The molecular weight excluding hydrogens is 292 g/mol. The molecule has 0 bridgehead atoms. The van der Waals surface area contributed by atoms with Gasteiger partial charge in [0.05, 0.1) is 12.2 Å². The molecule has 1 unspecified atom stereocenters. The van der Waals surface area contributed by atoms with E-state index in [1.54, 1.807) is 18.2 Å². The molecular formula is C19H24O4. The van der Waals surface area contributed by atoms with Crippen LogP contribution in [0.25, 0.3) is 5.57 Å². The number of ether oxygens (including phenoxy) is 2. The largest absolute Gasteiger partial charge is 0.478 e. The van der Waals surface area contributed by atoms with Crippen LogP contribution in [0.2, 0.25) is 0 Å². The van der Waals surface area contributed by atoms with Crippen molar-refractivity contribution in [3.63, 3.8) is 0 Å². The molecule has 124 valence electrons. The zero-order valence-electron chi connectivity index (χ0n) is 13.8. The fourth-order valence-electron chi connectivity index (χ4n) is 3.38. The number of aromatic carboxylic acids is 1. The smallest absolute Gasteiger partial charge is 0.335 e. The molecule has 0 aromatic heterocycles. The second kappa shape index (κ2) is 6.36. The Bertz CT molecular complexity index is 624. The van der Waals surface area contributed by atoms with Crippen LogP contribution < -0.4 is 4.74 Å². The minimum Gasteiger partial charge on any atom is -0.478 e. The van der Waals surface area contributed by atoms with Gasteiger partial charge in [0.25, 0.3) is 0 Å². The molecule has 0 amide bonds. The highest BCUT2D eigenvalue weighted by molar-refractivity contribution is 5.90. The number of carboxylic acid groups (broad SMARTS) is 1. The molecule has 23 heavy (non-hydrogen) atoms. The SMILES string of the molecule is CC1(C)CCC=C1c1cc(C(=O)O)ccc1OC1CCCCO1. The molecule has 1 aromatic rings. The van der Waals surface area contributed by atoms with Gasteiger partial charge in [-0.25, -0.2) is 4.79 Å². The lowest BCUT2D eigenvalue weighted by Crippen LogP contribution is -2.25. The van der Waals surface area contributed by atoms with Crippen LogP contribution >= 0.6 is 0 Å². The monoisotopic (exact) mass is 316 g/mol. The summed E-state index contributed by atoms with van der Waals surface area (Å²) >= 11 is 0. The van der Waals surface area contributed by atoms with E-state index < -0.39 is 5.97 Å². The summed E-state index contributed by atoms with van der Waals surface area (Å²) in [5, 5.41) is 9.31. The van der Waals surface area contributed by atoms with Crippen molar-refractivity contribution in [2.45, 2.75) is 52.2 Å². The molecule has 0 radical (unpaired) electrons. The molecule has 1 N–H and O–H groups in total. The van der Waals surface area contributed by atoms with E-state index in [1.165, 1.54) is 5.57 Å². The maximum absolute atomic E-state index is 11.3. The Balaban J connectivity index is 1.96. The van der Waals surface area contributed by atoms with Gasteiger partial charge in [0.15, 0.2) is 6.29 Å². The molecule has 1 aromatic carbocycles. The Morgan fingerprint density at radius 1 is 1.35 bits per heavy atom. The van der Waals surface area contributed by atoms with Crippen molar-refractivity contribution in [2.75, 3.05) is 6.61 Å².